The number of halogens is 1. The first-order valence-electron chi connectivity index (χ1n) is 8.38. The number of carbonyl (C=O) groups is 1. The molecule has 136 valence electrons. The van der Waals surface area contributed by atoms with E-state index in [1.807, 2.05) is 35.2 Å². The van der Waals surface area contributed by atoms with Crippen molar-refractivity contribution in [1.82, 2.24) is 14.3 Å². The molecule has 1 aromatic heterocycles. The standard InChI is InChI=1S/C19H15ClN4O3/c20-14-8-6-13(7-9-14)16(25)12-24-18(27)17(26)23-11-10-22(19(23)21-24)15-4-2-1-3-5-15/h1-9H,10-12H2. The number of rotatable bonds is 4. The highest BCUT2D eigenvalue weighted by molar-refractivity contribution is 6.30. The molecule has 2 heterocycles. The number of fused-ring (bicyclic) bond motifs is 1. The lowest BCUT2D eigenvalue weighted by Crippen LogP contribution is -2.43. The van der Waals surface area contributed by atoms with Crippen molar-refractivity contribution in [3.05, 3.63) is 85.9 Å². The van der Waals surface area contributed by atoms with Crippen molar-refractivity contribution in [2.24, 2.45) is 0 Å². The molecule has 3 aromatic rings. The van der Waals surface area contributed by atoms with Gasteiger partial charge in [0.15, 0.2) is 5.78 Å². The molecule has 0 saturated carbocycles. The van der Waals surface area contributed by atoms with Crippen LogP contribution in [0.2, 0.25) is 5.02 Å². The average molecular weight is 383 g/mol. The molecule has 0 atom stereocenters. The van der Waals surface area contributed by atoms with Crippen LogP contribution in [0.5, 0.6) is 0 Å². The van der Waals surface area contributed by atoms with Crippen molar-refractivity contribution in [3.63, 3.8) is 0 Å². The monoisotopic (exact) mass is 382 g/mol. The molecule has 0 amide bonds. The second kappa shape index (κ2) is 6.85. The van der Waals surface area contributed by atoms with Crippen molar-refractivity contribution >= 4 is 29.0 Å². The molecule has 1 aliphatic rings. The third kappa shape index (κ3) is 3.17. The molecule has 0 N–H and O–H groups in total. The number of ketones is 1. The van der Waals surface area contributed by atoms with E-state index < -0.39 is 11.1 Å². The summed E-state index contributed by atoms with van der Waals surface area (Å²) in [5.41, 5.74) is -0.225. The average Bonchev–Trinajstić information content (AvgIpc) is 3.11. The first-order chi connectivity index (χ1) is 13.0. The molecule has 0 bridgehead atoms. The van der Waals surface area contributed by atoms with Crippen LogP contribution in [-0.2, 0) is 13.1 Å². The molecule has 0 spiro atoms. The van der Waals surface area contributed by atoms with Crippen molar-refractivity contribution < 1.29 is 4.79 Å². The zero-order valence-electron chi connectivity index (χ0n) is 14.2. The van der Waals surface area contributed by atoms with Crippen LogP contribution in [0, 0.1) is 0 Å². The van der Waals surface area contributed by atoms with Gasteiger partial charge in [-0.25, -0.2) is 4.68 Å². The van der Waals surface area contributed by atoms with Crippen LogP contribution in [0.4, 0.5) is 11.6 Å². The predicted octanol–water partition coefficient (Wildman–Crippen LogP) is 2.09. The summed E-state index contributed by atoms with van der Waals surface area (Å²) in [6, 6.07) is 15.8. The van der Waals surface area contributed by atoms with E-state index in [4.69, 9.17) is 11.6 Å². The summed E-state index contributed by atoms with van der Waals surface area (Å²) in [6.45, 7) is 0.588. The lowest BCUT2D eigenvalue weighted by atomic mass is 10.1. The van der Waals surface area contributed by atoms with E-state index in [1.54, 1.807) is 24.3 Å². The predicted molar refractivity (Wildman–Crippen MR) is 102 cm³/mol. The summed E-state index contributed by atoms with van der Waals surface area (Å²) in [5.74, 6) is 0.0320. The van der Waals surface area contributed by atoms with E-state index in [9.17, 15) is 14.4 Å². The number of aromatic nitrogens is 3. The third-order valence-electron chi connectivity index (χ3n) is 4.43. The van der Waals surface area contributed by atoms with Crippen LogP contribution in [0.25, 0.3) is 0 Å². The van der Waals surface area contributed by atoms with Gasteiger partial charge in [0.05, 0.1) is 0 Å². The van der Waals surface area contributed by atoms with Crippen LogP contribution in [0.15, 0.2) is 64.2 Å². The van der Waals surface area contributed by atoms with Crippen molar-refractivity contribution in [2.75, 3.05) is 11.4 Å². The van der Waals surface area contributed by atoms with Crippen molar-refractivity contribution in [1.29, 1.82) is 0 Å². The molecule has 4 rings (SSSR count). The minimum absolute atomic E-state index is 0.313. The van der Waals surface area contributed by atoms with Gasteiger partial charge in [-0.05, 0) is 36.4 Å². The second-order valence-corrected chi connectivity index (χ2v) is 6.57. The quantitative estimate of drug-likeness (QED) is 0.510. The number of nitrogens with zero attached hydrogens (tertiary/aromatic N) is 4. The van der Waals surface area contributed by atoms with Crippen LogP contribution >= 0.6 is 11.6 Å². The van der Waals surface area contributed by atoms with E-state index in [0.29, 0.717) is 29.6 Å². The number of anilines is 2. The topological polar surface area (TPSA) is 77.2 Å². The Labute approximate surface area is 159 Å². The van der Waals surface area contributed by atoms with Crippen LogP contribution in [0.3, 0.4) is 0 Å². The van der Waals surface area contributed by atoms with Gasteiger partial charge in [0.2, 0.25) is 5.95 Å². The Morgan fingerprint density at radius 2 is 1.67 bits per heavy atom. The van der Waals surface area contributed by atoms with Gasteiger partial charge in [0, 0.05) is 29.4 Å². The zero-order chi connectivity index (χ0) is 19.0. The normalized spacial score (nSPS) is 12.9. The molecule has 0 saturated heterocycles. The van der Waals surface area contributed by atoms with Crippen molar-refractivity contribution in [2.45, 2.75) is 13.1 Å². The van der Waals surface area contributed by atoms with Crippen LogP contribution < -0.4 is 16.0 Å². The number of hydrogen-bond donors (Lipinski definition) is 0. The fraction of sp³-hybridized carbons (Fsp3) is 0.158. The Morgan fingerprint density at radius 1 is 0.963 bits per heavy atom. The Balaban J connectivity index is 1.72. The van der Waals surface area contributed by atoms with E-state index in [0.717, 1.165) is 10.4 Å². The van der Waals surface area contributed by atoms with Gasteiger partial charge in [-0.3, -0.25) is 19.0 Å². The Bertz CT molecular complexity index is 1120. The first kappa shape index (κ1) is 17.2. The van der Waals surface area contributed by atoms with Crippen LogP contribution in [-0.4, -0.2) is 26.7 Å². The molecular weight excluding hydrogens is 368 g/mol. The molecule has 0 fully saturated rings. The molecular formula is C19H15ClN4O3. The molecule has 0 unspecified atom stereocenters. The number of carbonyl (C=O) groups excluding carboxylic acids is 1. The molecule has 27 heavy (non-hydrogen) atoms. The Morgan fingerprint density at radius 3 is 2.37 bits per heavy atom. The van der Waals surface area contributed by atoms with Crippen molar-refractivity contribution in [3.8, 4) is 0 Å². The SMILES string of the molecule is O=C(Cn1nc2n(c(=O)c1=O)CCN2c1ccccc1)c1ccc(Cl)cc1. The van der Waals surface area contributed by atoms with Gasteiger partial charge in [-0.1, -0.05) is 29.8 Å². The molecule has 2 aromatic carbocycles. The van der Waals surface area contributed by atoms with Gasteiger partial charge in [0.1, 0.15) is 6.54 Å². The number of Topliss-reactive ketones (excluding diaryl/α,β-unsaturated/α-hetero) is 1. The maximum atomic E-state index is 12.5. The van der Waals surface area contributed by atoms with Gasteiger partial charge in [0.25, 0.3) is 0 Å². The Kier molecular flexibility index (Phi) is 4.37. The smallest absolute Gasteiger partial charge is 0.309 e. The van der Waals surface area contributed by atoms with E-state index >= 15 is 0 Å². The van der Waals surface area contributed by atoms with Gasteiger partial charge in [-0.15, -0.1) is 5.10 Å². The maximum absolute atomic E-state index is 12.5. The molecule has 0 aliphatic carbocycles. The van der Waals surface area contributed by atoms with Gasteiger partial charge >= 0.3 is 11.1 Å². The van der Waals surface area contributed by atoms with E-state index in [2.05, 4.69) is 5.10 Å². The lowest BCUT2D eigenvalue weighted by molar-refractivity contribution is 0.0965. The molecule has 7 nitrogen and oxygen atoms in total. The number of para-hydroxylation sites is 1. The molecule has 8 heteroatoms. The number of hydrogen-bond acceptors (Lipinski definition) is 5. The molecule has 1 aliphatic heterocycles. The summed E-state index contributed by atoms with van der Waals surface area (Å²) in [4.78, 5) is 39.1. The highest BCUT2D eigenvalue weighted by Gasteiger charge is 2.26. The molecule has 0 radical (unpaired) electrons. The summed E-state index contributed by atoms with van der Waals surface area (Å²) >= 11 is 5.83. The fourth-order valence-electron chi connectivity index (χ4n) is 3.05. The third-order valence-corrected chi connectivity index (χ3v) is 4.68. The zero-order valence-corrected chi connectivity index (χ0v) is 15.0. The summed E-state index contributed by atoms with van der Waals surface area (Å²) in [6.07, 6.45) is 0. The van der Waals surface area contributed by atoms with Gasteiger partial charge in [-0.2, -0.15) is 0 Å². The first-order valence-corrected chi connectivity index (χ1v) is 8.76. The van der Waals surface area contributed by atoms with Crippen LogP contribution in [0.1, 0.15) is 10.4 Å². The second-order valence-electron chi connectivity index (χ2n) is 6.14. The lowest BCUT2D eigenvalue weighted by Gasteiger charge is -2.17. The largest absolute Gasteiger partial charge is 0.333 e. The Hall–Kier alpha value is -3.19. The fourth-order valence-corrected chi connectivity index (χ4v) is 3.17. The van der Waals surface area contributed by atoms with E-state index in [1.165, 1.54) is 4.57 Å². The van der Waals surface area contributed by atoms with E-state index in [-0.39, 0.29) is 12.3 Å². The van der Waals surface area contributed by atoms with Gasteiger partial charge < -0.3 is 4.90 Å². The summed E-state index contributed by atoms with van der Waals surface area (Å²) < 4.78 is 2.28. The minimum atomic E-state index is -0.809. The highest BCUT2D eigenvalue weighted by atomic mass is 35.5. The summed E-state index contributed by atoms with van der Waals surface area (Å²) in [5, 5.41) is 4.81. The summed E-state index contributed by atoms with van der Waals surface area (Å²) in [7, 11) is 0. The maximum Gasteiger partial charge on any atom is 0.333 e. The number of benzene rings is 2. The highest BCUT2D eigenvalue weighted by Crippen LogP contribution is 2.25. The minimum Gasteiger partial charge on any atom is -0.309 e.